The predicted molar refractivity (Wildman–Crippen MR) is 92.7 cm³/mol. The summed E-state index contributed by atoms with van der Waals surface area (Å²) in [7, 11) is 0. The van der Waals surface area contributed by atoms with Crippen LogP contribution < -0.4 is 0 Å². The van der Waals surface area contributed by atoms with Gasteiger partial charge in [0.25, 0.3) is 0 Å². The number of rotatable bonds is 5. The molecule has 0 saturated heterocycles. The first-order valence-corrected chi connectivity index (χ1v) is 7.88. The molecule has 0 heterocycles. The van der Waals surface area contributed by atoms with Crippen molar-refractivity contribution < 1.29 is 20.1 Å². The number of Topliss-reactive ketones (excluding diaryl/α,β-unsaturated/α-hetero) is 1. The number of benzene rings is 2. The van der Waals surface area contributed by atoms with Crippen molar-refractivity contribution in [1.29, 1.82) is 0 Å². The number of carbonyl (C=O) groups excluding carboxylic acids is 1. The summed E-state index contributed by atoms with van der Waals surface area (Å²) in [5.41, 5.74) is -0.581. The van der Waals surface area contributed by atoms with Gasteiger partial charge in [0.15, 0.2) is 5.78 Å². The van der Waals surface area contributed by atoms with Gasteiger partial charge in [-0.05, 0) is 56.5 Å². The maximum atomic E-state index is 12.7. The van der Waals surface area contributed by atoms with Crippen molar-refractivity contribution in [3.63, 3.8) is 0 Å². The van der Waals surface area contributed by atoms with Crippen molar-refractivity contribution >= 4 is 5.78 Å². The second-order valence-corrected chi connectivity index (χ2v) is 7.09. The van der Waals surface area contributed by atoms with E-state index in [0.717, 1.165) is 0 Å². The molecule has 4 nitrogen and oxygen atoms in total. The number of ketones is 1. The minimum atomic E-state index is -1.29. The summed E-state index contributed by atoms with van der Waals surface area (Å²) in [5, 5.41) is 30.9. The average molecular weight is 328 g/mol. The topological polar surface area (TPSA) is 77.8 Å². The van der Waals surface area contributed by atoms with E-state index in [4.69, 9.17) is 0 Å². The van der Waals surface area contributed by atoms with Crippen molar-refractivity contribution in [2.24, 2.45) is 0 Å². The van der Waals surface area contributed by atoms with Crippen LogP contribution in [0.4, 0.5) is 0 Å². The fourth-order valence-corrected chi connectivity index (χ4v) is 2.42. The van der Waals surface area contributed by atoms with Gasteiger partial charge in [-0.25, -0.2) is 0 Å². The molecule has 0 aliphatic carbocycles. The number of carbonyl (C=O) groups is 1. The van der Waals surface area contributed by atoms with Gasteiger partial charge in [-0.15, -0.1) is 0 Å². The Kier molecular flexibility index (Phi) is 4.95. The van der Waals surface area contributed by atoms with E-state index in [1.54, 1.807) is 70.2 Å². The van der Waals surface area contributed by atoms with E-state index in [1.807, 2.05) is 6.07 Å². The van der Waals surface area contributed by atoms with Crippen LogP contribution in [0.25, 0.3) is 0 Å². The highest BCUT2D eigenvalue weighted by Gasteiger charge is 2.26. The van der Waals surface area contributed by atoms with E-state index in [-0.39, 0.29) is 5.56 Å². The largest absolute Gasteiger partial charge is 0.386 e. The highest BCUT2D eigenvalue weighted by molar-refractivity contribution is 6.00. The molecule has 0 aliphatic heterocycles. The smallest absolute Gasteiger partial charge is 0.195 e. The monoisotopic (exact) mass is 328 g/mol. The molecule has 0 saturated carbocycles. The SMILES string of the molecule is CC(C)(O)c1cc(C(=O)C(O)c2ccccc2)cc(C(C)(C)O)c1. The first-order valence-electron chi connectivity index (χ1n) is 7.88. The maximum Gasteiger partial charge on any atom is 0.195 e. The highest BCUT2D eigenvalue weighted by atomic mass is 16.3. The zero-order valence-corrected chi connectivity index (χ0v) is 14.4. The molecule has 0 aliphatic rings. The minimum Gasteiger partial charge on any atom is -0.386 e. The zero-order valence-electron chi connectivity index (χ0n) is 14.4. The third kappa shape index (κ3) is 4.09. The van der Waals surface area contributed by atoms with Crippen LogP contribution in [0, 0.1) is 0 Å². The Morgan fingerprint density at radius 2 is 1.33 bits per heavy atom. The van der Waals surface area contributed by atoms with Crippen molar-refractivity contribution in [2.45, 2.75) is 45.0 Å². The molecular weight excluding hydrogens is 304 g/mol. The van der Waals surface area contributed by atoms with Crippen LogP contribution in [0.5, 0.6) is 0 Å². The molecule has 2 rings (SSSR count). The molecule has 128 valence electrons. The van der Waals surface area contributed by atoms with Crippen LogP contribution >= 0.6 is 0 Å². The Hall–Kier alpha value is -2.01. The molecular formula is C20H24O4. The van der Waals surface area contributed by atoms with Crippen molar-refractivity contribution in [1.82, 2.24) is 0 Å². The normalized spacial score (nSPS) is 13.6. The Labute approximate surface area is 142 Å². The Bertz CT molecular complexity index is 689. The van der Waals surface area contributed by atoms with Gasteiger partial charge in [-0.1, -0.05) is 36.4 Å². The molecule has 0 amide bonds. The van der Waals surface area contributed by atoms with Crippen LogP contribution in [0.15, 0.2) is 48.5 Å². The molecule has 4 heteroatoms. The second kappa shape index (κ2) is 6.48. The molecule has 0 bridgehead atoms. The quantitative estimate of drug-likeness (QED) is 0.737. The summed E-state index contributed by atoms with van der Waals surface area (Å²) in [6.45, 7) is 6.44. The molecule has 0 radical (unpaired) electrons. The van der Waals surface area contributed by atoms with Crippen LogP contribution in [0.1, 0.15) is 60.8 Å². The van der Waals surface area contributed by atoms with E-state index < -0.39 is 23.1 Å². The standard InChI is InChI=1S/C20H24O4/c1-19(2,23)15-10-14(11-16(12-15)20(3,4)24)18(22)17(21)13-8-6-5-7-9-13/h5-12,17,21,23-24H,1-4H3. The molecule has 1 atom stereocenters. The summed E-state index contributed by atoms with van der Waals surface area (Å²) in [6.07, 6.45) is -1.29. The summed E-state index contributed by atoms with van der Waals surface area (Å²) in [6, 6.07) is 13.5. The molecule has 0 aromatic heterocycles. The first-order chi connectivity index (χ1) is 11.0. The molecule has 1 unspecified atom stereocenters. The van der Waals surface area contributed by atoms with E-state index in [9.17, 15) is 20.1 Å². The number of hydrogen-bond acceptors (Lipinski definition) is 4. The van der Waals surface area contributed by atoms with Crippen molar-refractivity contribution in [3.8, 4) is 0 Å². The van der Waals surface area contributed by atoms with E-state index in [2.05, 4.69) is 0 Å². The van der Waals surface area contributed by atoms with Crippen molar-refractivity contribution in [3.05, 3.63) is 70.8 Å². The van der Waals surface area contributed by atoms with E-state index >= 15 is 0 Å². The van der Waals surface area contributed by atoms with Gasteiger partial charge < -0.3 is 15.3 Å². The van der Waals surface area contributed by atoms with Crippen LogP contribution in [-0.4, -0.2) is 21.1 Å². The van der Waals surface area contributed by atoms with Crippen LogP contribution in [0.3, 0.4) is 0 Å². The highest BCUT2D eigenvalue weighted by Crippen LogP contribution is 2.30. The maximum absolute atomic E-state index is 12.7. The van der Waals surface area contributed by atoms with Crippen LogP contribution in [0.2, 0.25) is 0 Å². The number of hydrogen-bond donors (Lipinski definition) is 3. The number of aliphatic hydroxyl groups is 3. The molecule has 2 aromatic rings. The predicted octanol–water partition coefficient (Wildman–Crippen LogP) is 3.06. The van der Waals surface area contributed by atoms with E-state index in [0.29, 0.717) is 16.7 Å². The first kappa shape index (κ1) is 18.3. The van der Waals surface area contributed by atoms with Crippen LogP contribution in [-0.2, 0) is 11.2 Å². The summed E-state index contributed by atoms with van der Waals surface area (Å²) >= 11 is 0. The van der Waals surface area contributed by atoms with Gasteiger partial charge >= 0.3 is 0 Å². The van der Waals surface area contributed by atoms with Gasteiger partial charge in [0, 0.05) is 5.56 Å². The third-order valence-corrected chi connectivity index (χ3v) is 3.99. The molecule has 0 spiro atoms. The lowest BCUT2D eigenvalue weighted by Crippen LogP contribution is -2.22. The van der Waals surface area contributed by atoms with Gasteiger partial charge in [0.1, 0.15) is 6.10 Å². The van der Waals surface area contributed by atoms with Gasteiger partial charge in [-0.3, -0.25) is 4.79 Å². The second-order valence-electron chi connectivity index (χ2n) is 7.09. The molecule has 24 heavy (non-hydrogen) atoms. The lowest BCUT2D eigenvalue weighted by Gasteiger charge is -2.25. The Morgan fingerprint density at radius 3 is 1.75 bits per heavy atom. The Morgan fingerprint density at radius 1 is 0.875 bits per heavy atom. The summed E-state index contributed by atoms with van der Waals surface area (Å²) in [4.78, 5) is 12.7. The molecule has 3 N–H and O–H groups in total. The molecule has 2 aromatic carbocycles. The van der Waals surface area contributed by atoms with Gasteiger partial charge in [0.2, 0.25) is 0 Å². The van der Waals surface area contributed by atoms with Gasteiger partial charge in [0.05, 0.1) is 11.2 Å². The number of aliphatic hydroxyl groups excluding tert-OH is 1. The van der Waals surface area contributed by atoms with E-state index in [1.165, 1.54) is 0 Å². The lowest BCUT2D eigenvalue weighted by molar-refractivity contribution is 0.0700. The zero-order chi connectivity index (χ0) is 18.1. The fraction of sp³-hybridized carbons (Fsp3) is 0.350. The van der Waals surface area contributed by atoms with Crippen molar-refractivity contribution in [2.75, 3.05) is 0 Å². The van der Waals surface area contributed by atoms with Gasteiger partial charge in [-0.2, -0.15) is 0 Å². The fourth-order valence-electron chi connectivity index (χ4n) is 2.42. The Balaban J connectivity index is 2.51. The summed E-state index contributed by atoms with van der Waals surface area (Å²) < 4.78 is 0. The minimum absolute atomic E-state index is 0.253. The third-order valence-electron chi connectivity index (χ3n) is 3.99. The molecule has 0 fully saturated rings. The average Bonchev–Trinajstić information content (AvgIpc) is 2.52. The summed E-state index contributed by atoms with van der Waals surface area (Å²) in [5.74, 6) is -0.474. The lowest BCUT2D eigenvalue weighted by atomic mass is 9.87.